The van der Waals surface area contributed by atoms with Crippen molar-refractivity contribution in [1.82, 2.24) is 15.0 Å². The number of pyridine rings is 1. The molecule has 3 heteroatoms. The summed E-state index contributed by atoms with van der Waals surface area (Å²) in [6.45, 7) is 6.08. The van der Waals surface area contributed by atoms with Gasteiger partial charge in [-0.1, -0.05) is 80.1 Å². The third kappa shape index (κ3) is 4.45. The first-order valence-corrected chi connectivity index (χ1v) is 9.22. The normalized spacial score (nSPS) is 10.0. The lowest BCUT2D eigenvalue weighted by Crippen LogP contribution is -1.96. The smallest absolute Gasteiger partial charge is 0.160 e. The molecule has 0 bridgehead atoms. The molecule has 4 aromatic rings. The lowest BCUT2D eigenvalue weighted by Gasteiger charge is -2.09. The molecule has 0 aliphatic heterocycles. The Morgan fingerprint density at radius 3 is 1.93 bits per heavy atom. The third-order valence-corrected chi connectivity index (χ3v) is 4.03. The zero-order valence-electron chi connectivity index (χ0n) is 15.9. The second-order valence-corrected chi connectivity index (χ2v) is 5.91. The molecule has 2 aromatic carbocycles. The van der Waals surface area contributed by atoms with Gasteiger partial charge in [0.2, 0.25) is 0 Å². The maximum atomic E-state index is 4.79. The van der Waals surface area contributed by atoms with Crippen LogP contribution in [0.5, 0.6) is 0 Å². The minimum atomic E-state index is 0.708. The largest absolute Gasteiger partial charge is 0.255 e. The molecule has 27 heavy (non-hydrogen) atoms. The molecule has 134 valence electrons. The first kappa shape index (κ1) is 18.5. The van der Waals surface area contributed by atoms with E-state index >= 15 is 0 Å². The Balaban J connectivity index is 0.00000102. The van der Waals surface area contributed by atoms with Gasteiger partial charge in [0.25, 0.3) is 0 Å². The molecular weight excluding hydrogens is 330 g/mol. The Hall–Kier alpha value is -3.33. The average Bonchev–Trinajstić information content (AvgIpc) is 2.76. The van der Waals surface area contributed by atoms with E-state index in [0.29, 0.717) is 5.82 Å². The van der Waals surface area contributed by atoms with E-state index in [2.05, 4.69) is 36.2 Å². The molecule has 0 aliphatic carbocycles. The quantitative estimate of drug-likeness (QED) is 0.440. The molecule has 0 N–H and O–H groups in total. The highest BCUT2D eigenvalue weighted by Crippen LogP contribution is 2.26. The van der Waals surface area contributed by atoms with Crippen molar-refractivity contribution in [3.8, 4) is 34.0 Å². The van der Waals surface area contributed by atoms with Gasteiger partial charge in [-0.3, -0.25) is 4.98 Å². The summed E-state index contributed by atoms with van der Waals surface area (Å²) < 4.78 is 0. The van der Waals surface area contributed by atoms with Gasteiger partial charge in [-0.2, -0.15) is 0 Å². The summed E-state index contributed by atoms with van der Waals surface area (Å²) in [6, 6.07) is 26.3. The predicted octanol–water partition coefficient (Wildman–Crippen LogP) is 6.21. The van der Waals surface area contributed by atoms with Crippen molar-refractivity contribution in [1.29, 1.82) is 0 Å². The van der Waals surface area contributed by atoms with Crippen LogP contribution in [0.1, 0.15) is 19.4 Å². The molecule has 3 nitrogen and oxygen atoms in total. The van der Waals surface area contributed by atoms with Crippen LogP contribution in [0.4, 0.5) is 0 Å². The number of hydrogen-bond acceptors (Lipinski definition) is 3. The van der Waals surface area contributed by atoms with Crippen LogP contribution in [-0.4, -0.2) is 15.0 Å². The minimum absolute atomic E-state index is 0.708. The summed E-state index contributed by atoms with van der Waals surface area (Å²) in [7, 11) is 0. The van der Waals surface area contributed by atoms with Crippen molar-refractivity contribution in [2.75, 3.05) is 0 Å². The highest BCUT2D eigenvalue weighted by molar-refractivity contribution is 5.70. The Morgan fingerprint density at radius 1 is 0.593 bits per heavy atom. The van der Waals surface area contributed by atoms with E-state index in [4.69, 9.17) is 9.97 Å². The molecule has 0 aliphatic rings. The summed E-state index contributed by atoms with van der Waals surface area (Å²) in [6.07, 6.45) is 1.78. The van der Waals surface area contributed by atoms with Gasteiger partial charge in [0.1, 0.15) is 0 Å². The highest BCUT2D eigenvalue weighted by Gasteiger charge is 2.10. The Kier molecular flexibility index (Phi) is 6.06. The molecule has 0 spiro atoms. The number of nitrogens with zero attached hydrogens (tertiary/aromatic N) is 3. The van der Waals surface area contributed by atoms with Crippen molar-refractivity contribution in [2.24, 2.45) is 0 Å². The highest BCUT2D eigenvalue weighted by atomic mass is 14.9. The Bertz CT molecular complexity index is 921. The number of benzene rings is 2. The van der Waals surface area contributed by atoms with Crippen molar-refractivity contribution in [3.63, 3.8) is 0 Å². The number of aromatic nitrogens is 3. The van der Waals surface area contributed by atoms with Gasteiger partial charge in [-0.25, -0.2) is 9.97 Å². The van der Waals surface area contributed by atoms with Crippen LogP contribution in [0.3, 0.4) is 0 Å². The van der Waals surface area contributed by atoms with Crippen molar-refractivity contribution < 1.29 is 0 Å². The molecule has 0 atom stereocenters. The maximum absolute atomic E-state index is 4.79. The van der Waals surface area contributed by atoms with Crippen molar-refractivity contribution >= 4 is 0 Å². The molecule has 0 saturated heterocycles. The van der Waals surface area contributed by atoms with Crippen LogP contribution in [-0.2, 0) is 0 Å². The van der Waals surface area contributed by atoms with E-state index in [9.17, 15) is 0 Å². The van der Waals surface area contributed by atoms with E-state index in [1.54, 1.807) is 6.20 Å². The van der Waals surface area contributed by atoms with E-state index in [-0.39, 0.29) is 0 Å². The number of rotatable bonds is 3. The number of hydrogen-bond donors (Lipinski definition) is 0. The Morgan fingerprint density at radius 2 is 1.26 bits per heavy atom. The first-order valence-electron chi connectivity index (χ1n) is 9.22. The molecule has 0 fully saturated rings. The van der Waals surface area contributed by atoms with E-state index < -0.39 is 0 Å². The molecule has 4 rings (SSSR count). The molecule has 2 heterocycles. The molecule has 2 aromatic heterocycles. The summed E-state index contributed by atoms with van der Waals surface area (Å²) in [5.74, 6) is 0.708. The van der Waals surface area contributed by atoms with E-state index in [1.807, 2.05) is 68.4 Å². The fraction of sp³-hybridized carbons (Fsp3) is 0.125. The second-order valence-electron chi connectivity index (χ2n) is 5.91. The topological polar surface area (TPSA) is 38.7 Å². The lowest BCUT2D eigenvalue weighted by molar-refractivity contribution is 1.16. The summed E-state index contributed by atoms with van der Waals surface area (Å²) >= 11 is 0. The van der Waals surface area contributed by atoms with Crippen LogP contribution in [0.15, 0.2) is 85.1 Å². The minimum Gasteiger partial charge on any atom is -0.255 e. The van der Waals surface area contributed by atoms with Crippen LogP contribution in [0.25, 0.3) is 34.0 Å². The van der Waals surface area contributed by atoms with Gasteiger partial charge in [0.15, 0.2) is 5.82 Å². The summed E-state index contributed by atoms with van der Waals surface area (Å²) in [5.41, 5.74) is 5.86. The van der Waals surface area contributed by atoms with Crippen LogP contribution in [0.2, 0.25) is 0 Å². The molecule has 0 radical (unpaired) electrons. The molecule has 0 saturated carbocycles. The van der Waals surface area contributed by atoms with Gasteiger partial charge in [0, 0.05) is 17.3 Å². The maximum Gasteiger partial charge on any atom is 0.160 e. The average molecular weight is 353 g/mol. The van der Waals surface area contributed by atoms with Crippen LogP contribution in [0, 0.1) is 6.92 Å². The van der Waals surface area contributed by atoms with Gasteiger partial charge >= 0.3 is 0 Å². The van der Waals surface area contributed by atoms with Gasteiger partial charge in [-0.05, 0) is 25.1 Å². The standard InChI is InChI=1S/C22H17N3.C2H6/c1-16-10-12-17(13-11-16)20-15-21(19-9-5-6-14-23-19)25-22(24-20)18-7-3-2-4-8-18;1-2/h2-15H,1H3;1-2H3. The fourth-order valence-corrected chi connectivity index (χ4v) is 2.68. The molecule has 0 unspecified atom stereocenters. The summed E-state index contributed by atoms with van der Waals surface area (Å²) in [4.78, 5) is 14.0. The predicted molar refractivity (Wildman–Crippen MR) is 112 cm³/mol. The lowest BCUT2D eigenvalue weighted by atomic mass is 10.1. The fourth-order valence-electron chi connectivity index (χ4n) is 2.68. The molecular formula is C24H23N3. The van der Waals surface area contributed by atoms with Crippen molar-refractivity contribution in [3.05, 3.63) is 90.6 Å². The summed E-state index contributed by atoms with van der Waals surface area (Å²) in [5, 5.41) is 0. The zero-order chi connectivity index (χ0) is 19.1. The van der Waals surface area contributed by atoms with Crippen molar-refractivity contribution in [2.45, 2.75) is 20.8 Å². The Labute approximate surface area is 160 Å². The second kappa shape index (κ2) is 8.86. The van der Waals surface area contributed by atoms with E-state index in [0.717, 1.165) is 28.2 Å². The van der Waals surface area contributed by atoms with Crippen LogP contribution >= 0.6 is 0 Å². The zero-order valence-corrected chi connectivity index (χ0v) is 15.9. The monoisotopic (exact) mass is 353 g/mol. The SMILES string of the molecule is CC.Cc1ccc(-c2cc(-c3ccccn3)nc(-c3ccccc3)n2)cc1. The van der Waals surface area contributed by atoms with Crippen LogP contribution < -0.4 is 0 Å². The van der Waals surface area contributed by atoms with E-state index in [1.165, 1.54) is 5.56 Å². The van der Waals surface area contributed by atoms with Gasteiger partial charge < -0.3 is 0 Å². The molecule has 0 amide bonds. The third-order valence-electron chi connectivity index (χ3n) is 4.03. The number of aryl methyl sites for hydroxylation is 1. The van der Waals surface area contributed by atoms with Gasteiger partial charge in [0.05, 0.1) is 17.1 Å². The first-order chi connectivity index (χ1) is 13.3. The van der Waals surface area contributed by atoms with Gasteiger partial charge in [-0.15, -0.1) is 0 Å².